The van der Waals surface area contributed by atoms with Crippen LogP contribution in [0, 0.1) is 10.1 Å². The Morgan fingerprint density at radius 1 is 0.824 bits per heavy atom. The highest BCUT2D eigenvalue weighted by atomic mass is 16.6. The number of hydrogen-bond donors (Lipinski definition) is 0. The van der Waals surface area contributed by atoms with Gasteiger partial charge < -0.3 is 9.30 Å². The van der Waals surface area contributed by atoms with Crippen LogP contribution in [0.5, 0.6) is 5.75 Å². The molecule has 0 aliphatic rings. The van der Waals surface area contributed by atoms with Crippen molar-refractivity contribution in [1.29, 1.82) is 0 Å². The number of nitro groups is 1. The Morgan fingerprint density at radius 3 is 2.06 bits per heavy atom. The molecule has 5 aromatic rings. The van der Waals surface area contributed by atoms with E-state index in [0.29, 0.717) is 6.42 Å². The SMILES string of the molecule is COc1ccccc1Cc1cn(C(c2ccccc2)c2ccccc2)c2ccc([N+](=O)[O-])cc12. The second-order valence-corrected chi connectivity index (χ2v) is 8.23. The molecule has 0 fully saturated rings. The number of nitrogens with zero attached hydrogens (tertiary/aromatic N) is 2. The minimum absolute atomic E-state index is 0.0715. The number of aromatic nitrogens is 1. The number of nitro benzene ring substituents is 1. The smallest absolute Gasteiger partial charge is 0.270 e. The summed E-state index contributed by atoms with van der Waals surface area (Å²) in [6.07, 6.45) is 2.73. The van der Waals surface area contributed by atoms with E-state index in [1.165, 1.54) is 0 Å². The summed E-state index contributed by atoms with van der Waals surface area (Å²) in [7, 11) is 1.66. The monoisotopic (exact) mass is 448 g/mol. The summed E-state index contributed by atoms with van der Waals surface area (Å²) in [5.74, 6) is 0.802. The van der Waals surface area contributed by atoms with Gasteiger partial charge in [0.2, 0.25) is 0 Å². The van der Waals surface area contributed by atoms with Gasteiger partial charge in [-0.3, -0.25) is 10.1 Å². The standard InChI is InChI=1S/C29H24N2O3/c1-34-28-15-9-8-14-23(28)18-24-20-30(27-17-16-25(31(32)33)19-26(24)27)29(21-10-4-2-5-11-21)22-12-6-3-7-13-22/h2-17,19-20,29H,18H2,1H3. The molecule has 0 amide bonds. The van der Waals surface area contributed by atoms with Gasteiger partial charge in [-0.1, -0.05) is 78.9 Å². The third-order valence-electron chi connectivity index (χ3n) is 6.19. The number of fused-ring (bicyclic) bond motifs is 1. The zero-order valence-electron chi connectivity index (χ0n) is 18.8. The number of para-hydroxylation sites is 1. The minimum atomic E-state index is -0.338. The maximum atomic E-state index is 11.6. The summed E-state index contributed by atoms with van der Waals surface area (Å²) in [4.78, 5) is 11.2. The highest BCUT2D eigenvalue weighted by molar-refractivity contribution is 5.87. The van der Waals surface area contributed by atoms with Crippen LogP contribution in [0.4, 0.5) is 5.69 Å². The maximum absolute atomic E-state index is 11.6. The van der Waals surface area contributed by atoms with E-state index in [9.17, 15) is 10.1 Å². The van der Waals surface area contributed by atoms with Crippen LogP contribution in [-0.4, -0.2) is 16.6 Å². The molecule has 0 aliphatic carbocycles. The molecular weight excluding hydrogens is 424 g/mol. The third kappa shape index (κ3) is 4.04. The Kier molecular flexibility index (Phi) is 5.83. The summed E-state index contributed by atoms with van der Waals surface area (Å²) in [5.41, 5.74) is 5.38. The van der Waals surface area contributed by atoms with Crippen molar-refractivity contribution in [2.24, 2.45) is 0 Å². The zero-order valence-corrected chi connectivity index (χ0v) is 18.8. The van der Waals surface area contributed by atoms with Crippen LogP contribution >= 0.6 is 0 Å². The van der Waals surface area contributed by atoms with E-state index in [1.54, 1.807) is 19.2 Å². The fourth-order valence-corrected chi connectivity index (χ4v) is 4.62. The number of ether oxygens (including phenoxy) is 1. The first kappa shape index (κ1) is 21.5. The number of non-ortho nitro benzene ring substituents is 1. The van der Waals surface area contributed by atoms with Gasteiger partial charge in [-0.05, 0) is 34.4 Å². The van der Waals surface area contributed by atoms with Gasteiger partial charge in [0.25, 0.3) is 5.69 Å². The Hall–Kier alpha value is -4.38. The van der Waals surface area contributed by atoms with E-state index in [2.05, 4.69) is 35.0 Å². The van der Waals surface area contributed by atoms with Crippen molar-refractivity contribution in [2.75, 3.05) is 7.11 Å². The second kappa shape index (κ2) is 9.24. The van der Waals surface area contributed by atoms with Crippen LogP contribution in [0.1, 0.15) is 28.3 Å². The summed E-state index contributed by atoms with van der Waals surface area (Å²) < 4.78 is 7.80. The highest BCUT2D eigenvalue weighted by Gasteiger charge is 2.22. The lowest BCUT2D eigenvalue weighted by molar-refractivity contribution is -0.384. The molecule has 0 atom stereocenters. The summed E-state index contributed by atoms with van der Waals surface area (Å²) in [6, 6.07) is 33.6. The van der Waals surface area contributed by atoms with Gasteiger partial charge in [0.05, 0.1) is 18.1 Å². The van der Waals surface area contributed by atoms with Crippen molar-refractivity contribution in [1.82, 2.24) is 4.57 Å². The maximum Gasteiger partial charge on any atom is 0.270 e. The van der Waals surface area contributed by atoms with Gasteiger partial charge in [0.15, 0.2) is 0 Å². The average Bonchev–Trinajstić information content (AvgIpc) is 3.23. The number of hydrogen-bond acceptors (Lipinski definition) is 3. The number of benzene rings is 4. The molecule has 0 bridgehead atoms. The lowest BCUT2D eigenvalue weighted by Gasteiger charge is -2.21. The third-order valence-corrected chi connectivity index (χ3v) is 6.19. The first-order valence-electron chi connectivity index (χ1n) is 11.2. The normalized spacial score (nSPS) is 11.1. The van der Waals surface area contributed by atoms with E-state index in [0.717, 1.165) is 38.9 Å². The quantitative estimate of drug-likeness (QED) is 0.204. The van der Waals surface area contributed by atoms with E-state index in [1.807, 2.05) is 66.7 Å². The van der Waals surface area contributed by atoms with Crippen LogP contribution < -0.4 is 4.74 Å². The first-order valence-corrected chi connectivity index (χ1v) is 11.2. The van der Waals surface area contributed by atoms with Crippen LogP contribution in [0.25, 0.3) is 10.9 Å². The van der Waals surface area contributed by atoms with Crippen molar-refractivity contribution in [3.63, 3.8) is 0 Å². The Morgan fingerprint density at radius 2 is 1.44 bits per heavy atom. The lowest BCUT2D eigenvalue weighted by atomic mass is 9.98. The van der Waals surface area contributed by atoms with E-state index < -0.39 is 0 Å². The molecule has 5 rings (SSSR count). The zero-order chi connectivity index (χ0) is 23.5. The molecule has 4 aromatic carbocycles. The fraction of sp³-hybridized carbons (Fsp3) is 0.103. The molecule has 0 aliphatic heterocycles. The van der Waals surface area contributed by atoms with Crippen molar-refractivity contribution >= 4 is 16.6 Å². The molecule has 34 heavy (non-hydrogen) atoms. The van der Waals surface area contributed by atoms with Crippen molar-refractivity contribution in [3.8, 4) is 5.75 Å². The van der Waals surface area contributed by atoms with Gasteiger partial charge in [0, 0.05) is 35.7 Å². The predicted molar refractivity (Wildman–Crippen MR) is 135 cm³/mol. The number of rotatable bonds is 7. The largest absolute Gasteiger partial charge is 0.496 e. The van der Waals surface area contributed by atoms with Crippen molar-refractivity contribution in [2.45, 2.75) is 12.5 Å². The Balaban J connectivity index is 1.74. The van der Waals surface area contributed by atoms with Gasteiger partial charge in [0.1, 0.15) is 5.75 Å². The van der Waals surface area contributed by atoms with Crippen molar-refractivity contribution < 1.29 is 9.66 Å². The summed E-state index contributed by atoms with van der Waals surface area (Å²) >= 11 is 0. The van der Waals surface area contributed by atoms with Crippen LogP contribution in [0.15, 0.2) is 109 Å². The molecule has 0 saturated heterocycles. The van der Waals surface area contributed by atoms with Gasteiger partial charge >= 0.3 is 0 Å². The Bertz CT molecular complexity index is 1400. The van der Waals surface area contributed by atoms with Crippen molar-refractivity contribution in [3.05, 3.63) is 142 Å². The number of methoxy groups -OCH3 is 1. The van der Waals surface area contributed by atoms with E-state index >= 15 is 0 Å². The predicted octanol–water partition coefficient (Wildman–Crippen LogP) is 6.79. The molecule has 168 valence electrons. The summed E-state index contributed by atoms with van der Waals surface area (Å²) in [6.45, 7) is 0. The summed E-state index contributed by atoms with van der Waals surface area (Å²) in [5, 5.41) is 12.4. The van der Waals surface area contributed by atoms with Gasteiger partial charge in [-0.15, -0.1) is 0 Å². The molecule has 5 nitrogen and oxygen atoms in total. The van der Waals surface area contributed by atoms with Crippen LogP contribution in [0.3, 0.4) is 0 Å². The molecule has 0 spiro atoms. The topological polar surface area (TPSA) is 57.3 Å². The van der Waals surface area contributed by atoms with E-state index in [-0.39, 0.29) is 16.7 Å². The van der Waals surface area contributed by atoms with E-state index in [4.69, 9.17) is 4.74 Å². The van der Waals surface area contributed by atoms with Crippen LogP contribution in [0.2, 0.25) is 0 Å². The molecule has 1 heterocycles. The second-order valence-electron chi connectivity index (χ2n) is 8.23. The molecular formula is C29H24N2O3. The average molecular weight is 449 g/mol. The molecule has 1 aromatic heterocycles. The van der Waals surface area contributed by atoms with Gasteiger partial charge in [-0.2, -0.15) is 0 Å². The first-order chi connectivity index (χ1) is 16.7. The molecule has 0 saturated carbocycles. The molecule has 0 radical (unpaired) electrons. The lowest BCUT2D eigenvalue weighted by Crippen LogP contribution is -2.11. The fourth-order valence-electron chi connectivity index (χ4n) is 4.62. The Labute approximate surface area is 198 Å². The molecule has 0 N–H and O–H groups in total. The molecule has 5 heteroatoms. The molecule has 0 unspecified atom stereocenters. The van der Waals surface area contributed by atoms with Gasteiger partial charge in [-0.25, -0.2) is 0 Å². The highest BCUT2D eigenvalue weighted by Crippen LogP contribution is 2.36. The minimum Gasteiger partial charge on any atom is -0.496 e. The van der Waals surface area contributed by atoms with Crippen LogP contribution in [-0.2, 0) is 6.42 Å².